The molecule has 1 aliphatic rings. The van der Waals surface area contributed by atoms with Gasteiger partial charge >= 0.3 is 0 Å². The zero-order valence-electron chi connectivity index (χ0n) is 20.3. The van der Waals surface area contributed by atoms with Crippen LogP contribution in [0.15, 0.2) is 72.8 Å². The first-order valence-electron chi connectivity index (χ1n) is 12.3. The van der Waals surface area contributed by atoms with Crippen molar-refractivity contribution in [2.45, 2.75) is 40.0 Å². The number of likely N-dealkylation sites (tertiary alicyclic amines) is 1. The number of benzene rings is 3. The molecule has 1 aromatic heterocycles. The molecule has 34 heavy (non-hydrogen) atoms. The number of amides is 1. The van der Waals surface area contributed by atoms with Gasteiger partial charge < -0.3 is 4.90 Å². The standard InChI is InChI=1S/C31H32N2O/c1-21-12-13-26(18-23(21)3)29-20-28(27-11-7-8-22(2)30(27)32-29)31(34)33-16-14-25(15-17-33)19-24-9-5-4-6-10-24/h4-13,18,20,25H,14-17,19H2,1-3H3. The number of hydrogen-bond acceptors (Lipinski definition) is 2. The second-order valence-corrected chi connectivity index (χ2v) is 9.75. The fourth-order valence-electron chi connectivity index (χ4n) is 5.08. The molecule has 0 spiro atoms. The van der Waals surface area contributed by atoms with Gasteiger partial charge in [-0.1, -0.05) is 60.7 Å². The van der Waals surface area contributed by atoms with Gasteiger partial charge in [0.1, 0.15) is 0 Å². The largest absolute Gasteiger partial charge is 0.339 e. The van der Waals surface area contributed by atoms with Gasteiger partial charge in [-0.2, -0.15) is 0 Å². The number of piperidine rings is 1. The number of nitrogens with zero attached hydrogens (tertiary/aromatic N) is 2. The highest BCUT2D eigenvalue weighted by molar-refractivity contribution is 6.07. The molecule has 2 heterocycles. The maximum absolute atomic E-state index is 13.8. The van der Waals surface area contributed by atoms with Crippen LogP contribution in [0.4, 0.5) is 0 Å². The van der Waals surface area contributed by atoms with Crippen LogP contribution in [0.1, 0.15) is 45.5 Å². The van der Waals surface area contributed by atoms with Gasteiger partial charge in [0.15, 0.2) is 0 Å². The molecule has 3 aromatic carbocycles. The van der Waals surface area contributed by atoms with Crippen LogP contribution >= 0.6 is 0 Å². The number of carbonyl (C=O) groups is 1. The third kappa shape index (κ3) is 4.48. The van der Waals surface area contributed by atoms with Crippen LogP contribution in [0.25, 0.3) is 22.2 Å². The first-order chi connectivity index (χ1) is 16.5. The molecule has 0 atom stereocenters. The van der Waals surface area contributed by atoms with E-state index >= 15 is 0 Å². The van der Waals surface area contributed by atoms with Crippen LogP contribution in [0.5, 0.6) is 0 Å². The number of para-hydroxylation sites is 1. The molecule has 0 aliphatic carbocycles. The zero-order valence-corrected chi connectivity index (χ0v) is 20.3. The third-order valence-electron chi connectivity index (χ3n) is 7.34. The fraction of sp³-hybridized carbons (Fsp3) is 0.290. The summed E-state index contributed by atoms with van der Waals surface area (Å²) < 4.78 is 0. The Bertz CT molecular complexity index is 1330. The fourth-order valence-corrected chi connectivity index (χ4v) is 5.08. The van der Waals surface area contributed by atoms with E-state index in [9.17, 15) is 4.79 Å². The maximum atomic E-state index is 13.8. The van der Waals surface area contributed by atoms with E-state index in [1.807, 2.05) is 23.1 Å². The number of hydrogen-bond donors (Lipinski definition) is 0. The van der Waals surface area contributed by atoms with Gasteiger partial charge in [0.25, 0.3) is 5.91 Å². The van der Waals surface area contributed by atoms with Crippen molar-refractivity contribution in [1.29, 1.82) is 0 Å². The van der Waals surface area contributed by atoms with Crippen LogP contribution in [0, 0.1) is 26.7 Å². The van der Waals surface area contributed by atoms with E-state index in [4.69, 9.17) is 4.98 Å². The van der Waals surface area contributed by atoms with Crippen LogP contribution in [0.3, 0.4) is 0 Å². The van der Waals surface area contributed by atoms with E-state index in [0.29, 0.717) is 5.92 Å². The second-order valence-electron chi connectivity index (χ2n) is 9.75. The van der Waals surface area contributed by atoms with E-state index in [-0.39, 0.29) is 5.91 Å². The number of pyridine rings is 1. The Hall–Kier alpha value is -3.46. The molecule has 1 fully saturated rings. The highest BCUT2D eigenvalue weighted by Crippen LogP contribution is 2.30. The van der Waals surface area contributed by atoms with Crippen molar-refractivity contribution < 1.29 is 4.79 Å². The lowest BCUT2D eigenvalue weighted by Gasteiger charge is -2.32. The van der Waals surface area contributed by atoms with Crippen molar-refractivity contribution in [3.05, 3.63) is 101 Å². The van der Waals surface area contributed by atoms with Crippen molar-refractivity contribution in [3.8, 4) is 11.3 Å². The summed E-state index contributed by atoms with van der Waals surface area (Å²) in [6, 6.07) is 25.2. The molecular formula is C31H32N2O. The number of aryl methyl sites for hydroxylation is 3. The number of carbonyl (C=O) groups excluding carboxylic acids is 1. The van der Waals surface area contributed by atoms with E-state index in [0.717, 1.165) is 65.6 Å². The average molecular weight is 449 g/mol. The van der Waals surface area contributed by atoms with Crippen molar-refractivity contribution in [2.24, 2.45) is 5.92 Å². The molecule has 3 heteroatoms. The van der Waals surface area contributed by atoms with Gasteiger partial charge in [0, 0.05) is 24.0 Å². The Morgan fingerprint density at radius 2 is 1.62 bits per heavy atom. The van der Waals surface area contributed by atoms with Gasteiger partial charge in [-0.15, -0.1) is 0 Å². The quantitative estimate of drug-likeness (QED) is 0.339. The summed E-state index contributed by atoms with van der Waals surface area (Å²) in [6.45, 7) is 7.93. The summed E-state index contributed by atoms with van der Waals surface area (Å²) >= 11 is 0. The summed E-state index contributed by atoms with van der Waals surface area (Å²) in [5.74, 6) is 0.759. The normalized spacial score (nSPS) is 14.5. The minimum absolute atomic E-state index is 0.126. The molecule has 1 aliphatic heterocycles. The van der Waals surface area contributed by atoms with Crippen molar-refractivity contribution >= 4 is 16.8 Å². The molecule has 1 saturated heterocycles. The molecule has 0 bridgehead atoms. The summed E-state index contributed by atoms with van der Waals surface area (Å²) in [5.41, 5.74) is 8.59. The van der Waals surface area contributed by atoms with Crippen molar-refractivity contribution in [2.75, 3.05) is 13.1 Å². The summed E-state index contributed by atoms with van der Waals surface area (Å²) in [5, 5.41) is 0.948. The van der Waals surface area contributed by atoms with Crippen LogP contribution < -0.4 is 0 Å². The summed E-state index contributed by atoms with van der Waals surface area (Å²) in [7, 11) is 0. The molecular weight excluding hydrogens is 416 g/mol. The highest BCUT2D eigenvalue weighted by atomic mass is 16.2. The van der Waals surface area contributed by atoms with E-state index in [1.54, 1.807) is 0 Å². The van der Waals surface area contributed by atoms with Crippen molar-refractivity contribution in [3.63, 3.8) is 0 Å². The average Bonchev–Trinajstić information content (AvgIpc) is 2.86. The van der Waals surface area contributed by atoms with Crippen LogP contribution in [0.2, 0.25) is 0 Å². The van der Waals surface area contributed by atoms with E-state index < -0.39 is 0 Å². The Kier molecular flexibility index (Phi) is 6.19. The lowest BCUT2D eigenvalue weighted by Crippen LogP contribution is -2.39. The molecule has 0 radical (unpaired) electrons. The minimum atomic E-state index is 0.126. The highest BCUT2D eigenvalue weighted by Gasteiger charge is 2.26. The summed E-state index contributed by atoms with van der Waals surface area (Å²) in [4.78, 5) is 20.8. The SMILES string of the molecule is Cc1ccc(-c2cc(C(=O)N3CCC(Cc4ccccc4)CC3)c3cccc(C)c3n2)cc1C. The predicted molar refractivity (Wildman–Crippen MR) is 140 cm³/mol. The first-order valence-corrected chi connectivity index (χ1v) is 12.3. The van der Waals surface area contributed by atoms with E-state index in [1.165, 1.54) is 16.7 Å². The monoisotopic (exact) mass is 448 g/mol. The maximum Gasteiger partial charge on any atom is 0.254 e. The first kappa shape index (κ1) is 22.3. The van der Waals surface area contributed by atoms with Gasteiger partial charge in [-0.25, -0.2) is 4.98 Å². The molecule has 3 nitrogen and oxygen atoms in total. The van der Waals surface area contributed by atoms with Gasteiger partial charge in [0.05, 0.1) is 16.8 Å². The third-order valence-corrected chi connectivity index (χ3v) is 7.34. The Morgan fingerprint density at radius 1 is 0.853 bits per heavy atom. The number of rotatable bonds is 4. The van der Waals surface area contributed by atoms with Gasteiger partial charge in [0.2, 0.25) is 0 Å². The second kappa shape index (κ2) is 9.42. The van der Waals surface area contributed by atoms with Crippen molar-refractivity contribution in [1.82, 2.24) is 9.88 Å². The number of fused-ring (bicyclic) bond motifs is 1. The molecule has 0 unspecified atom stereocenters. The zero-order chi connectivity index (χ0) is 23.7. The molecule has 0 N–H and O–H groups in total. The topological polar surface area (TPSA) is 33.2 Å². The lowest BCUT2D eigenvalue weighted by atomic mass is 9.89. The Morgan fingerprint density at radius 3 is 2.35 bits per heavy atom. The van der Waals surface area contributed by atoms with E-state index in [2.05, 4.69) is 75.4 Å². The van der Waals surface area contributed by atoms with Crippen LogP contribution in [-0.4, -0.2) is 28.9 Å². The predicted octanol–water partition coefficient (Wildman–Crippen LogP) is 6.92. The molecule has 0 saturated carbocycles. The molecule has 172 valence electrons. The van der Waals surface area contributed by atoms with Crippen LogP contribution in [-0.2, 0) is 6.42 Å². The molecule has 5 rings (SSSR count). The number of aromatic nitrogens is 1. The Labute approximate surface area is 202 Å². The van der Waals surface area contributed by atoms with Gasteiger partial charge in [-0.3, -0.25) is 4.79 Å². The smallest absolute Gasteiger partial charge is 0.254 e. The van der Waals surface area contributed by atoms with Gasteiger partial charge in [-0.05, 0) is 80.3 Å². The summed E-state index contributed by atoms with van der Waals surface area (Å²) in [6.07, 6.45) is 3.19. The molecule has 4 aromatic rings. The lowest BCUT2D eigenvalue weighted by molar-refractivity contribution is 0.0692. The molecule has 1 amide bonds. The Balaban J connectivity index is 1.44. The minimum Gasteiger partial charge on any atom is -0.339 e.